The molecule has 3 nitrogen and oxygen atoms in total. The van der Waals surface area contributed by atoms with Gasteiger partial charge in [-0.2, -0.15) is 0 Å². The lowest BCUT2D eigenvalue weighted by Gasteiger charge is -2.37. The number of allylic oxidation sites excluding steroid dienone is 1. The molecule has 1 amide bonds. The van der Waals surface area contributed by atoms with Crippen LogP contribution in [0.25, 0.3) is 0 Å². The summed E-state index contributed by atoms with van der Waals surface area (Å²) in [6.07, 6.45) is 6.81. The van der Waals surface area contributed by atoms with Crippen LogP contribution >= 0.6 is 0 Å². The van der Waals surface area contributed by atoms with E-state index in [4.69, 9.17) is 4.74 Å². The number of nitrogens with one attached hydrogen (secondary N) is 1. The van der Waals surface area contributed by atoms with Crippen LogP contribution in [0.3, 0.4) is 0 Å². The van der Waals surface area contributed by atoms with E-state index in [1.807, 2.05) is 0 Å². The average molecular weight is 243 g/mol. The summed E-state index contributed by atoms with van der Waals surface area (Å²) in [7, 11) is 1.42. The molecule has 2 aliphatic rings. The van der Waals surface area contributed by atoms with Crippen LogP contribution in [0, 0.1) is 0 Å². The van der Waals surface area contributed by atoms with E-state index in [0.717, 1.165) is 19.3 Å². The lowest BCUT2D eigenvalue weighted by atomic mass is 9.76. The first-order valence-corrected chi connectivity index (χ1v) is 6.34. The molecule has 1 aromatic carbocycles. The molecule has 0 radical (unpaired) electrons. The summed E-state index contributed by atoms with van der Waals surface area (Å²) >= 11 is 0. The van der Waals surface area contributed by atoms with Gasteiger partial charge < -0.3 is 10.1 Å². The molecule has 2 aliphatic carbocycles. The number of alkyl carbamates (subject to hydrolysis) is 1. The Hall–Kier alpha value is -1.77. The quantitative estimate of drug-likeness (QED) is 0.770. The normalized spacial score (nSPS) is 28.4. The molecular weight excluding hydrogens is 226 g/mol. The molecule has 0 heterocycles. The fourth-order valence-electron chi connectivity index (χ4n) is 3.33. The molecule has 94 valence electrons. The zero-order valence-electron chi connectivity index (χ0n) is 10.5. The number of carbonyl (C=O) groups excluding carboxylic acids is 1. The summed E-state index contributed by atoms with van der Waals surface area (Å²) in [6.45, 7) is 0. The molecule has 3 rings (SSSR count). The van der Waals surface area contributed by atoms with Gasteiger partial charge in [-0.15, -0.1) is 0 Å². The number of ether oxygens (including phenoxy) is 1. The molecule has 0 fully saturated rings. The molecule has 0 bridgehead atoms. The smallest absolute Gasteiger partial charge is 0.407 e. The van der Waals surface area contributed by atoms with E-state index >= 15 is 0 Å². The van der Waals surface area contributed by atoms with Crippen molar-refractivity contribution in [3.8, 4) is 0 Å². The minimum Gasteiger partial charge on any atom is -0.453 e. The van der Waals surface area contributed by atoms with Crippen molar-refractivity contribution in [3.63, 3.8) is 0 Å². The van der Waals surface area contributed by atoms with Gasteiger partial charge in [0, 0.05) is 5.92 Å². The van der Waals surface area contributed by atoms with Crippen LogP contribution in [0.1, 0.15) is 29.9 Å². The van der Waals surface area contributed by atoms with E-state index in [-0.39, 0.29) is 11.6 Å². The lowest BCUT2D eigenvalue weighted by Crippen LogP contribution is -2.52. The first kappa shape index (κ1) is 11.3. The van der Waals surface area contributed by atoms with Gasteiger partial charge in [-0.3, -0.25) is 0 Å². The highest BCUT2D eigenvalue weighted by Gasteiger charge is 2.47. The summed E-state index contributed by atoms with van der Waals surface area (Å²) in [5, 5.41) is 3.08. The van der Waals surface area contributed by atoms with Crippen molar-refractivity contribution in [3.05, 3.63) is 47.5 Å². The minimum atomic E-state index is -0.330. The second-order valence-corrected chi connectivity index (χ2v) is 5.11. The number of carbonyl (C=O) groups is 1. The Labute approximate surface area is 107 Å². The Kier molecular flexibility index (Phi) is 2.62. The molecule has 0 saturated heterocycles. The third kappa shape index (κ3) is 1.62. The molecular formula is C15H17NO2. The Bertz CT molecular complexity index is 509. The molecule has 1 aromatic rings. The van der Waals surface area contributed by atoms with Gasteiger partial charge in [-0.25, -0.2) is 4.79 Å². The van der Waals surface area contributed by atoms with Gasteiger partial charge in [0.15, 0.2) is 0 Å². The third-order valence-electron chi connectivity index (χ3n) is 4.16. The highest BCUT2D eigenvalue weighted by molar-refractivity contribution is 5.69. The van der Waals surface area contributed by atoms with Crippen molar-refractivity contribution in [1.29, 1.82) is 0 Å². The maximum atomic E-state index is 11.6. The second-order valence-electron chi connectivity index (χ2n) is 5.11. The lowest BCUT2D eigenvalue weighted by molar-refractivity contribution is 0.149. The van der Waals surface area contributed by atoms with Gasteiger partial charge in [0.25, 0.3) is 0 Å². The Morgan fingerprint density at radius 1 is 1.39 bits per heavy atom. The summed E-state index contributed by atoms with van der Waals surface area (Å²) in [5.41, 5.74) is 2.53. The van der Waals surface area contributed by atoms with Gasteiger partial charge in [-0.05, 0) is 30.4 Å². The van der Waals surface area contributed by atoms with E-state index in [1.165, 1.54) is 18.2 Å². The number of fused-ring (bicyclic) bond motifs is 3. The van der Waals surface area contributed by atoms with E-state index < -0.39 is 0 Å². The molecule has 0 aromatic heterocycles. The predicted molar refractivity (Wildman–Crippen MR) is 69.5 cm³/mol. The van der Waals surface area contributed by atoms with Crippen molar-refractivity contribution in [2.45, 2.75) is 30.7 Å². The molecule has 1 N–H and O–H groups in total. The van der Waals surface area contributed by atoms with Gasteiger partial charge in [-0.1, -0.05) is 36.4 Å². The highest BCUT2D eigenvalue weighted by Crippen LogP contribution is 2.47. The van der Waals surface area contributed by atoms with E-state index in [0.29, 0.717) is 5.92 Å². The number of hydrogen-bond donors (Lipinski definition) is 1. The van der Waals surface area contributed by atoms with Gasteiger partial charge >= 0.3 is 6.09 Å². The van der Waals surface area contributed by atoms with Crippen molar-refractivity contribution in [2.75, 3.05) is 7.11 Å². The van der Waals surface area contributed by atoms with Crippen LogP contribution in [-0.2, 0) is 11.2 Å². The molecule has 3 heteroatoms. The van der Waals surface area contributed by atoms with Crippen molar-refractivity contribution >= 4 is 6.09 Å². The van der Waals surface area contributed by atoms with Crippen LogP contribution in [-0.4, -0.2) is 18.7 Å². The van der Waals surface area contributed by atoms with E-state index in [1.54, 1.807) is 0 Å². The first-order chi connectivity index (χ1) is 8.75. The summed E-state index contributed by atoms with van der Waals surface area (Å²) in [4.78, 5) is 11.6. The van der Waals surface area contributed by atoms with Crippen molar-refractivity contribution < 1.29 is 9.53 Å². The summed E-state index contributed by atoms with van der Waals surface area (Å²) in [5.74, 6) is 0.373. The van der Waals surface area contributed by atoms with E-state index in [9.17, 15) is 4.79 Å². The number of methoxy groups -OCH3 is 1. The monoisotopic (exact) mass is 243 g/mol. The Morgan fingerprint density at radius 3 is 3.06 bits per heavy atom. The zero-order valence-corrected chi connectivity index (χ0v) is 10.5. The number of amides is 1. The Morgan fingerprint density at radius 2 is 2.22 bits per heavy atom. The van der Waals surface area contributed by atoms with Crippen LogP contribution in [0.5, 0.6) is 0 Å². The SMILES string of the molecule is COC(=O)N[C@@]12CC=CC[C@@H]1c1ccccc1C2. The molecule has 0 unspecified atom stereocenters. The van der Waals surface area contributed by atoms with Crippen LogP contribution in [0.4, 0.5) is 4.79 Å². The van der Waals surface area contributed by atoms with Gasteiger partial charge in [0.1, 0.15) is 0 Å². The number of benzene rings is 1. The highest BCUT2D eigenvalue weighted by atomic mass is 16.5. The maximum absolute atomic E-state index is 11.6. The molecule has 0 spiro atoms. The van der Waals surface area contributed by atoms with Gasteiger partial charge in [0.05, 0.1) is 12.6 Å². The molecule has 2 atom stereocenters. The number of rotatable bonds is 1. The predicted octanol–water partition coefficient (Wildman–Crippen LogP) is 2.77. The van der Waals surface area contributed by atoms with Crippen LogP contribution in [0.15, 0.2) is 36.4 Å². The maximum Gasteiger partial charge on any atom is 0.407 e. The third-order valence-corrected chi connectivity index (χ3v) is 4.16. The Balaban J connectivity index is 1.98. The second kappa shape index (κ2) is 4.16. The zero-order chi connectivity index (χ0) is 12.6. The topological polar surface area (TPSA) is 38.3 Å². The fourth-order valence-corrected chi connectivity index (χ4v) is 3.33. The van der Waals surface area contributed by atoms with E-state index in [2.05, 4.69) is 41.7 Å². The largest absolute Gasteiger partial charge is 0.453 e. The van der Waals surface area contributed by atoms with Crippen molar-refractivity contribution in [2.24, 2.45) is 0 Å². The van der Waals surface area contributed by atoms with Gasteiger partial charge in [0.2, 0.25) is 0 Å². The van der Waals surface area contributed by atoms with Crippen molar-refractivity contribution in [1.82, 2.24) is 5.32 Å². The first-order valence-electron chi connectivity index (χ1n) is 6.34. The molecule has 0 aliphatic heterocycles. The molecule has 0 saturated carbocycles. The summed E-state index contributed by atoms with van der Waals surface area (Å²) in [6, 6.07) is 8.48. The van der Waals surface area contributed by atoms with Crippen LogP contribution < -0.4 is 5.32 Å². The molecule has 18 heavy (non-hydrogen) atoms. The van der Waals surface area contributed by atoms with Crippen LogP contribution in [0.2, 0.25) is 0 Å². The minimum absolute atomic E-state index is 0.189. The fraction of sp³-hybridized carbons (Fsp3) is 0.400. The summed E-state index contributed by atoms with van der Waals surface area (Å²) < 4.78 is 4.78. The standard InChI is InChI=1S/C15H17NO2/c1-18-14(17)16-15-9-5-4-8-13(15)12-7-3-2-6-11(12)10-15/h2-7,13H,8-10H2,1H3,(H,16,17)/t13-,15-/m1/s1. The average Bonchev–Trinajstić information content (AvgIpc) is 2.72. The number of hydrogen-bond acceptors (Lipinski definition) is 2.